The molecular weight excluding hydrogens is 568 g/mol. The lowest BCUT2D eigenvalue weighted by molar-refractivity contribution is 0.0495. The molecule has 2 aromatic carbocycles. The molecule has 3 aromatic rings. The molecule has 1 saturated heterocycles. The number of hydrogen-bond donors (Lipinski definition) is 1. The molecule has 2 N–H and O–H groups in total. The third kappa shape index (κ3) is 6.44. The average Bonchev–Trinajstić information content (AvgIpc) is 3.22. The Morgan fingerprint density at radius 1 is 1.02 bits per heavy atom. The molecule has 0 radical (unpaired) electrons. The van der Waals surface area contributed by atoms with Crippen molar-refractivity contribution in [1.29, 1.82) is 0 Å². The van der Waals surface area contributed by atoms with E-state index in [1.807, 2.05) is 43.5 Å². The van der Waals surface area contributed by atoms with Crippen molar-refractivity contribution in [3.8, 4) is 5.75 Å². The average molecular weight is 604 g/mol. The quantitative estimate of drug-likeness (QED) is 0.363. The minimum absolute atomic E-state index is 0. The molecule has 40 heavy (non-hydrogen) atoms. The molecule has 220 valence electrons. The second kappa shape index (κ2) is 12.9. The zero-order valence-electron chi connectivity index (χ0n) is 22.6. The lowest BCUT2D eigenvalue weighted by Gasteiger charge is -2.34. The van der Waals surface area contributed by atoms with Crippen molar-refractivity contribution in [3.05, 3.63) is 59.2 Å². The predicted molar refractivity (Wildman–Crippen MR) is 151 cm³/mol. The zero-order chi connectivity index (χ0) is 27.1. The van der Waals surface area contributed by atoms with Crippen LogP contribution in [0.2, 0.25) is 0 Å². The van der Waals surface area contributed by atoms with Crippen molar-refractivity contribution in [2.24, 2.45) is 11.7 Å². The second-order valence-electron chi connectivity index (χ2n) is 10.6. The first kappa shape index (κ1) is 31.8. The molecule has 2 aliphatic rings. The summed E-state index contributed by atoms with van der Waals surface area (Å²) in [6.07, 6.45) is 1.50. The minimum Gasteiger partial charge on any atom is -0.490 e. The first-order valence-electron chi connectivity index (χ1n) is 13.1. The number of benzene rings is 2. The number of carbonyl (C=O) groups excluding carboxylic acids is 1. The monoisotopic (exact) mass is 602 g/mol. The van der Waals surface area contributed by atoms with E-state index in [0.717, 1.165) is 29.9 Å². The molecule has 0 aliphatic carbocycles. The number of piperidine rings is 1. The van der Waals surface area contributed by atoms with Gasteiger partial charge in [0.25, 0.3) is 0 Å². The molecular formula is C28H35Cl2F3N4O3. The highest BCUT2D eigenvalue weighted by Crippen LogP contribution is 2.35. The van der Waals surface area contributed by atoms with E-state index in [1.165, 1.54) is 0 Å². The SMILES string of the molecule is CC(C)OC(=O)N1CCC([C@H](C)Oc2ccc3c(c2)nc2n3C[C@H](N)[C@@H](c3cc(F)c(F)cc3F)C2)CC1.Cl.Cl. The van der Waals surface area contributed by atoms with Gasteiger partial charge in [0.1, 0.15) is 17.4 Å². The Bertz CT molecular complexity index is 1350. The minimum atomic E-state index is -1.22. The third-order valence-electron chi connectivity index (χ3n) is 7.67. The third-order valence-corrected chi connectivity index (χ3v) is 7.67. The normalized spacial score (nSPS) is 19.9. The van der Waals surface area contributed by atoms with Crippen LogP contribution in [-0.2, 0) is 17.7 Å². The fraction of sp³-hybridized carbons (Fsp3) is 0.500. The van der Waals surface area contributed by atoms with E-state index < -0.39 is 29.4 Å². The zero-order valence-corrected chi connectivity index (χ0v) is 24.2. The highest BCUT2D eigenvalue weighted by Gasteiger charge is 2.33. The smallest absolute Gasteiger partial charge is 0.410 e. The van der Waals surface area contributed by atoms with Crippen LogP contribution in [0.4, 0.5) is 18.0 Å². The van der Waals surface area contributed by atoms with Gasteiger partial charge in [-0.3, -0.25) is 0 Å². The van der Waals surface area contributed by atoms with E-state index in [0.29, 0.717) is 49.6 Å². The molecule has 0 saturated carbocycles. The standard InChI is InChI=1S/C28H33F3N4O3.2ClH/c1-15(2)37-28(36)34-8-6-17(7-9-34)16(3)38-18-4-5-26-25(10-18)33-27-12-20(24(32)14-35(26)27)19-11-22(30)23(31)13-21(19)29;;/h4-5,10-11,13,15-17,20,24H,6-9,12,14,32H2,1-3H3;2*1H/t16-,20+,24-;;/m0../s1. The summed E-state index contributed by atoms with van der Waals surface area (Å²) >= 11 is 0. The number of rotatable bonds is 5. The fourth-order valence-corrected chi connectivity index (χ4v) is 5.58. The van der Waals surface area contributed by atoms with Gasteiger partial charge in [-0.05, 0) is 63.3 Å². The number of hydrogen-bond acceptors (Lipinski definition) is 5. The van der Waals surface area contributed by atoms with Crippen LogP contribution in [0, 0.1) is 23.4 Å². The number of carbonyl (C=O) groups is 1. The van der Waals surface area contributed by atoms with E-state index in [9.17, 15) is 18.0 Å². The molecule has 3 atom stereocenters. The van der Waals surface area contributed by atoms with Crippen molar-refractivity contribution in [3.63, 3.8) is 0 Å². The van der Waals surface area contributed by atoms with Gasteiger partial charge >= 0.3 is 6.09 Å². The Morgan fingerprint density at radius 3 is 2.38 bits per heavy atom. The summed E-state index contributed by atoms with van der Waals surface area (Å²) in [5.74, 6) is -1.94. The first-order chi connectivity index (χ1) is 18.1. The molecule has 0 unspecified atom stereocenters. The van der Waals surface area contributed by atoms with Crippen LogP contribution in [0.25, 0.3) is 11.0 Å². The van der Waals surface area contributed by atoms with Crippen LogP contribution in [0.3, 0.4) is 0 Å². The Balaban J connectivity index is 0.00000220. The van der Waals surface area contributed by atoms with Crippen LogP contribution in [0.5, 0.6) is 5.75 Å². The lowest BCUT2D eigenvalue weighted by Crippen LogP contribution is -2.42. The van der Waals surface area contributed by atoms with Crippen molar-refractivity contribution < 1.29 is 27.4 Å². The number of nitrogens with zero attached hydrogens (tertiary/aromatic N) is 3. The highest BCUT2D eigenvalue weighted by molar-refractivity contribution is 5.85. The highest BCUT2D eigenvalue weighted by atomic mass is 35.5. The van der Waals surface area contributed by atoms with Crippen LogP contribution >= 0.6 is 24.8 Å². The maximum absolute atomic E-state index is 14.5. The molecule has 1 aromatic heterocycles. The Morgan fingerprint density at radius 2 is 1.70 bits per heavy atom. The number of halogens is 5. The van der Waals surface area contributed by atoms with E-state index in [4.69, 9.17) is 20.2 Å². The van der Waals surface area contributed by atoms with E-state index in [1.54, 1.807) is 4.90 Å². The number of fused-ring (bicyclic) bond motifs is 3. The van der Waals surface area contributed by atoms with Crippen molar-refractivity contribution in [2.75, 3.05) is 13.1 Å². The number of imidazole rings is 1. The van der Waals surface area contributed by atoms with Crippen molar-refractivity contribution in [2.45, 2.75) is 70.7 Å². The van der Waals surface area contributed by atoms with E-state index >= 15 is 0 Å². The summed E-state index contributed by atoms with van der Waals surface area (Å²) in [4.78, 5) is 18.6. The van der Waals surface area contributed by atoms with Gasteiger partial charge in [-0.25, -0.2) is 22.9 Å². The Hall–Kier alpha value is -2.69. The second-order valence-corrected chi connectivity index (χ2v) is 10.6. The Labute approximate surface area is 244 Å². The topological polar surface area (TPSA) is 82.6 Å². The van der Waals surface area contributed by atoms with Gasteiger partial charge in [-0.15, -0.1) is 24.8 Å². The summed E-state index contributed by atoms with van der Waals surface area (Å²) < 4.78 is 55.3. The van der Waals surface area contributed by atoms with Gasteiger partial charge in [0.15, 0.2) is 11.6 Å². The molecule has 7 nitrogen and oxygen atoms in total. The molecule has 3 heterocycles. The summed E-state index contributed by atoms with van der Waals surface area (Å²) in [6, 6.07) is 6.70. The van der Waals surface area contributed by atoms with Crippen molar-refractivity contribution >= 4 is 41.9 Å². The van der Waals surface area contributed by atoms with Gasteiger partial charge < -0.3 is 24.7 Å². The lowest BCUT2D eigenvalue weighted by atomic mass is 9.86. The molecule has 12 heteroatoms. The van der Waals surface area contributed by atoms with Gasteiger partial charge in [-0.2, -0.15) is 0 Å². The Kier molecular flexibility index (Phi) is 10.2. The van der Waals surface area contributed by atoms with Crippen LogP contribution in [0.15, 0.2) is 30.3 Å². The van der Waals surface area contributed by atoms with Crippen molar-refractivity contribution in [1.82, 2.24) is 14.5 Å². The maximum atomic E-state index is 14.5. The van der Waals surface area contributed by atoms with Crippen LogP contribution in [-0.4, -0.2) is 51.9 Å². The van der Waals surface area contributed by atoms with E-state index in [2.05, 4.69) is 0 Å². The fourth-order valence-electron chi connectivity index (χ4n) is 5.58. The molecule has 5 rings (SSSR count). The number of nitrogens with two attached hydrogens (primary N) is 1. The van der Waals surface area contributed by atoms with E-state index in [-0.39, 0.29) is 48.7 Å². The molecule has 0 spiro atoms. The summed E-state index contributed by atoms with van der Waals surface area (Å²) in [6.45, 7) is 7.37. The summed E-state index contributed by atoms with van der Waals surface area (Å²) in [7, 11) is 0. The largest absolute Gasteiger partial charge is 0.490 e. The number of amides is 1. The van der Waals surface area contributed by atoms with Gasteiger partial charge in [0.2, 0.25) is 0 Å². The number of aromatic nitrogens is 2. The first-order valence-corrected chi connectivity index (χ1v) is 13.1. The molecule has 0 bridgehead atoms. The van der Waals surface area contributed by atoms with Crippen LogP contribution < -0.4 is 10.5 Å². The number of likely N-dealkylation sites (tertiary alicyclic amines) is 1. The maximum Gasteiger partial charge on any atom is 0.410 e. The number of ether oxygens (including phenoxy) is 2. The van der Waals surface area contributed by atoms with Crippen LogP contribution in [0.1, 0.15) is 50.9 Å². The summed E-state index contributed by atoms with van der Waals surface area (Å²) in [5, 5.41) is 0. The van der Waals surface area contributed by atoms with Gasteiger partial charge in [0.05, 0.1) is 23.2 Å². The van der Waals surface area contributed by atoms with Gasteiger partial charge in [0, 0.05) is 50.1 Å². The molecule has 2 aliphatic heterocycles. The molecule has 1 amide bonds. The molecule has 1 fully saturated rings. The predicted octanol–water partition coefficient (Wildman–Crippen LogP) is 5.99. The summed E-state index contributed by atoms with van der Waals surface area (Å²) in [5.41, 5.74) is 8.06. The van der Waals surface area contributed by atoms with Gasteiger partial charge in [-0.1, -0.05) is 0 Å².